The van der Waals surface area contributed by atoms with Crippen LogP contribution >= 0.6 is 11.6 Å². The zero-order valence-corrected chi connectivity index (χ0v) is 12.7. The Morgan fingerprint density at radius 2 is 1.73 bits per heavy atom. The third-order valence-corrected chi connectivity index (χ3v) is 3.33. The van der Waals surface area contributed by atoms with E-state index in [2.05, 4.69) is 25.8 Å². The summed E-state index contributed by atoms with van der Waals surface area (Å²) in [6.07, 6.45) is 1.57. The molecule has 5 nitrogen and oxygen atoms in total. The van der Waals surface area contributed by atoms with Crippen molar-refractivity contribution in [2.75, 3.05) is 10.6 Å². The van der Waals surface area contributed by atoms with Gasteiger partial charge < -0.3 is 10.6 Å². The van der Waals surface area contributed by atoms with Gasteiger partial charge in [-0.05, 0) is 31.2 Å². The van der Waals surface area contributed by atoms with E-state index < -0.39 is 0 Å². The molecule has 2 aromatic carbocycles. The number of nitrogens with zero attached hydrogens (tertiary/aromatic N) is 3. The van der Waals surface area contributed by atoms with E-state index >= 15 is 0 Å². The Kier molecular flexibility index (Phi) is 4.16. The lowest BCUT2D eigenvalue weighted by atomic mass is 10.2. The fourth-order valence-corrected chi connectivity index (χ4v) is 2.07. The van der Waals surface area contributed by atoms with Crippen molar-refractivity contribution in [2.24, 2.45) is 0 Å². The minimum Gasteiger partial charge on any atom is -0.339 e. The number of benzene rings is 2. The first kappa shape index (κ1) is 14.3. The number of rotatable bonds is 4. The number of para-hydroxylation sites is 1. The highest BCUT2D eigenvalue weighted by Gasteiger charge is 2.04. The molecule has 0 amide bonds. The van der Waals surface area contributed by atoms with E-state index in [9.17, 15) is 0 Å². The second-order valence-electron chi connectivity index (χ2n) is 4.76. The molecule has 0 atom stereocenters. The first-order valence-corrected chi connectivity index (χ1v) is 7.13. The summed E-state index contributed by atoms with van der Waals surface area (Å²) in [6.45, 7) is 2.04. The van der Waals surface area contributed by atoms with Crippen molar-refractivity contribution in [3.8, 4) is 0 Å². The van der Waals surface area contributed by atoms with Gasteiger partial charge in [0, 0.05) is 5.69 Å². The van der Waals surface area contributed by atoms with Gasteiger partial charge in [-0.3, -0.25) is 0 Å². The quantitative estimate of drug-likeness (QED) is 0.751. The van der Waals surface area contributed by atoms with Crippen LogP contribution in [0.3, 0.4) is 0 Å². The van der Waals surface area contributed by atoms with Crippen LogP contribution in [0.5, 0.6) is 0 Å². The van der Waals surface area contributed by atoms with Gasteiger partial charge in [-0.2, -0.15) is 10.1 Å². The van der Waals surface area contributed by atoms with Gasteiger partial charge in [-0.25, -0.2) is 0 Å². The van der Waals surface area contributed by atoms with Crippen molar-refractivity contribution in [3.05, 3.63) is 65.3 Å². The molecule has 0 fully saturated rings. The number of aryl methyl sites for hydroxylation is 1. The molecule has 0 saturated heterocycles. The Morgan fingerprint density at radius 1 is 0.955 bits per heavy atom. The number of halogens is 1. The smallest absolute Gasteiger partial charge is 0.249 e. The fourth-order valence-electron chi connectivity index (χ4n) is 1.88. The SMILES string of the molecule is Cc1ccc(Nc2cnnc(Nc3ccccc3Cl)n2)cc1. The fraction of sp³-hybridized carbons (Fsp3) is 0.0625. The van der Waals surface area contributed by atoms with Gasteiger partial charge >= 0.3 is 0 Å². The van der Waals surface area contributed by atoms with Gasteiger partial charge in [0.2, 0.25) is 5.95 Å². The van der Waals surface area contributed by atoms with E-state index in [1.807, 2.05) is 49.4 Å². The van der Waals surface area contributed by atoms with Crippen LogP contribution in [0.25, 0.3) is 0 Å². The molecule has 22 heavy (non-hydrogen) atoms. The molecule has 6 heteroatoms. The van der Waals surface area contributed by atoms with Crippen LogP contribution in [0.4, 0.5) is 23.1 Å². The molecule has 0 aliphatic rings. The molecule has 2 N–H and O–H groups in total. The van der Waals surface area contributed by atoms with Gasteiger partial charge in [0.1, 0.15) is 0 Å². The van der Waals surface area contributed by atoms with Crippen LogP contribution in [0.2, 0.25) is 5.02 Å². The monoisotopic (exact) mass is 311 g/mol. The Morgan fingerprint density at radius 3 is 2.50 bits per heavy atom. The first-order valence-electron chi connectivity index (χ1n) is 6.76. The molecule has 110 valence electrons. The Balaban J connectivity index is 1.78. The Bertz CT molecular complexity index is 773. The normalized spacial score (nSPS) is 10.3. The molecule has 0 radical (unpaired) electrons. The topological polar surface area (TPSA) is 62.7 Å². The van der Waals surface area contributed by atoms with E-state index in [0.717, 1.165) is 11.4 Å². The summed E-state index contributed by atoms with van der Waals surface area (Å²) in [4.78, 5) is 4.37. The van der Waals surface area contributed by atoms with Gasteiger partial charge in [-0.1, -0.05) is 41.4 Å². The zero-order valence-electron chi connectivity index (χ0n) is 11.9. The Labute approximate surface area is 133 Å². The first-order chi connectivity index (χ1) is 10.7. The highest BCUT2D eigenvalue weighted by Crippen LogP contribution is 2.23. The van der Waals surface area contributed by atoms with Crippen molar-refractivity contribution < 1.29 is 0 Å². The second kappa shape index (κ2) is 6.41. The summed E-state index contributed by atoms with van der Waals surface area (Å²) in [5.41, 5.74) is 2.88. The van der Waals surface area contributed by atoms with Crippen LogP contribution in [0.15, 0.2) is 54.7 Å². The minimum atomic E-state index is 0.380. The summed E-state index contributed by atoms with van der Waals surface area (Å²) >= 11 is 6.10. The summed E-state index contributed by atoms with van der Waals surface area (Å²) in [7, 11) is 0. The molecule has 0 unspecified atom stereocenters. The highest BCUT2D eigenvalue weighted by atomic mass is 35.5. The molecule has 1 heterocycles. The van der Waals surface area contributed by atoms with Gasteiger partial charge in [0.15, 0.2) is 5.82 Å². The number of nitrogens with one attached hydrogen (secondary N) is 2. The summed E-state index contributed by atoms with van der Waals surface area (Å²) in [6, 6.07) is 15.4. The van der Waals surface area contributed by atoms with Crippen molar-refractivity contribution in [2.45, 2.75) is 6.92 Å². The molecule has 3 rings (SSSR count). The van der Waals surface area contributed by atoms with Crippen LogP contribution < -0.4 is 10.6 Å². The van der Waals surface area contributed by atoms with E-state index in [0.29, 0.717) is 16.8 Å². The predicted octanol–water partition coefficient (Wildman–Crippen LogP) is 4.32. The highest BCUT2D eigenvalue weighted by molar-refractivity contribution is 6.33. The molecule has 1 aromatic heterocycles. The van der Waals surface area contributed by atoms with Crippen LogP contribution in [-0.2, 0) is 0 Å². The van der Waals surface area contributed by atoms with Crippen molar-refractivity contribution in [1.82, 2.24) is 15.2 Å². The van der Waals surface area contributed by atoms with Crippen LogP contribution in [0.1, 0.15) is 5.56 Å². The van der Waals surface area contributed by atoms with E-state index in [1.165, 1.54) is 5.56 Å². The Hall–Kier alpha value is -2.66. The second-order valence-corrected chi connectivity index (χ2v) is 5.17. The average molecular weight is 312 g/mol. The molecule has 0 saturated carbocycles. The maximum absolute atomic E-state index is 6.10. The summed E-state index contributed by atoms with van der Waals surface area (Å²) < 4.78 is 0. The maximum Gasteiger partial charge on any atom is 0.249 e. The van der Waals surface area contributed by atoms with E-state index in [4.69, 9.17) is 11.6 Å². The lowest BCUT2D eigenvalue weighted by molar-refractivity contribution is 0.982. The molecular formula is C16H14ClN5. The lowest BCUT2D eigenvalue weighted by Gasteiger charge is -2.08. The zero-order chi connectivity index (χ0) is 15.4. The molecule has 0 aliphatic heterocycles. The lowest BCUT2D eigenvalue weighted by Crippen LogP contribution is -2.02. The third-order valence-electron chi connectivity index (χ3n) is 3.00. The van der Waals surface area contributed by atoms with Gasteiger partial charge in [0.05, 0.1) is 16.9 Å². The number of aromatic nitrogens is 3. The molecule has 0 aliphatic carbocycles. The van der Waals surface area contributed by atoms with Crippen LogP contribution in [-0.4, -0.2) is 15.2 Å². The predicted molar refractivity (Wildman–Crippen MR) is 89.0 cm³/mol. The average Bonchev–Trinajstić information content (AvgIpc) is 2.52. The largest absolute Gasteiger partial charge is 0.339 e. The molecular weight excluding hydrogens is 298 g/mol. The standard InChI is InChI=1S/C16H14ClN5/c1-11-6-8-12(9-7-11)19-15-10-18-22-16(21-15)20-14-5-3-2-4-13(14)17/h2-10H,1H3,(H2,19,20,21,22). The van der Waals surface area contributed by atoms with E-state index in [-0.39, 0.29) is 0 Å². The molecule has 0 bridgehead atoms. The van der Waals surface area contributed by atoms with Gasteiger partial charge in [0.25, 0.3) is 0 Å². The number of anilines is 4. The minimum absolute atomic E-state index is 0.380. The van der Waals surface area contributed by atoms with Crippen molar-refractivity contribution >= 4 is 34.7 Å². The number of hydrogen-bond donors (Lipinski definition) is 2. The van der Waals surface area contributed by atoms with Gasteiger partial charge in [-0.15, -0.1) is 5.10 Å². The summed E-state index contributed by atoms with van der Waals surface area (Å²) in [5.74, 6) is 0.985. The van der Waals surface area contributed by atoms with Crippen molar-refractivity contribution in [1.29, 1.82) is 0 Å². The third kappa shape index (κ3) is 3.51. The number of hydrogen-bond acceptors (Lipinski definition) is 5. The van der Waals surface area contributed by atoms with E-state index in [1.54, 1.807) is 12.3 Å². The molecule has 0 spiro atoms. The maximum atomic E-state index is 6.10. The molecule has 3 aromatic rings. The van der Waals surface area contributed by atoms with Crippen molar-refractivity contribution in [3.63, 3.8) is 0 Å². The summed E-state index contributed by atoms with van der Waals surface area (Å²) in [5, 5.41) is 14.7. The van der Waals surface area contributed by atoms with Crippen LogP contribution in [0, 0.1) is 6.92 Å².